The highest BCUT2D eigenvalue weighted by Gasteiger charge is 2.15. The number of hydrogen-bond donors (Lipinski definition) is 2. The molecule has 0 atom stereocenters. The topological polar surface area (TPSA) is 63.9 Å². The molecule has 0 aliphatic carbocycles. The molecule has 17 heavy (non-hydrogen) atoms. The van der Waals surface area contributed by atoms with Gasteiger partial charge >= 0.3 is 0 Å². The van der Waals surface area contributed by atoms with Gasteiger partial charge in [0.1, 0.15) is 11.6 Å². The van der Waals surface area contributed by atoms with Crippen LogP contribution < -0.4 is 10.5 Å². The molecule has 2 rings (SSSR count). The molecule has 0 spiro atoms. The van der Waals surface area contributed by atoms with E-state index in [4.69, 9.17) is 10.5 Å². The zero-order chi connectivity index (χ0) is 12.6. The highest BCUT2D eigenvalue weighted by Crippen LogP contribution is 2.38. The van der Waals surface area contributed by atoms with Crippen LogP contribution in [-0.2, 0) is 0 Å². The number of rotatable bonds is 2. The van der Waals surface area contributed by atoms with Crippen molar-refractivity contribution in [3.63, 3.8) is 0 Å². The molecule has 0 fully saturated rings. The second-order valence-corrected chi connectivity index (χ2v) is 4.71. The Kier molecular flexibility index (Phi) is 3.11. The Morgan fingerprint density at radius 2 is 2.06 bits per heavy atom. The Morgan fingerprint density at radius 3 is 2.59 bits per heavy atom. The van der Waals surface area contributed by atoms with Gasteiger partial charge in [0.25, 0.3) is 0 Å². The second kappa shape index (κ2) is 4.41. The Morgan fingerprint density at radius 1 is 1.35 bits per heavy atom. The number of H-pyrrole nitrogens is 1. The van der Waals surface area contributed by atoms with Crippen molar-refractivity contribution in [3.05, 3.63) is 27.7 Å². The van der Waals surface area contributed by atoms with Gasteiger partial charge in [-0.3, -0.25) is 5.10 Å². The minimum Gasteiger partial charge on any atom is -0.496 e. The number of aromatic nitrogens is 2. The number of ether oxygens (including phenoxy) is 1. The van der Waals surface area contributed by atoms with Gasteiger partial charge in [0.15, 0.2) is 0 Å². The lowest BCUT2D eigenvalue weighted by Gasteiger charge is -2.13. The molecular formula is C12H14BrN3O. The highest BCUT2D eigenvalue weighted by molar-refractivity contribution is 9.10. The molecule has 0 aliphatic heterocycles. The van der Waals surface area contributed by atoms with Crippen molar-refractivity contribution in [1.29, 1.82) is 0 Å². The molecule has 0 saturated carbocycles. The molecule has 0 radical (unpaired) electrons. The molecule has 1 heterocycles. The van der Waals surface area contributed by atoms with Gasteiger partial charge in [-0.15, -0.1) is 0 Å². The number of anilines is 1. The molecule has 4 nitrogen and oxygen atoms in total. The van der Waals surface area contributed by atoms with Crippen LogP contribution in [0, 0.1) is 13.8 Å². The molecule has 2 aromatic rings. The van der Waals surface area contributed by atoms with E-state index in [0.29, 0.717) is 5.82 Å². The molecule has 3 N–H and O–H groups in total. The van der Waals surface area contributed by atoms with E-state index in [1.165, 1.54) is 0 Å². The third-order valence-electron chi connectivity index (χ3n) is 2.71. The lowest BCUT2D eigenvalue weighted by Crippen LogP contribution is -1.95. The maximum Gasteiger partial charge on any atom is 0.145 e. The van der Waals surface area contributed by atoms with E-state index < -0.39 is 0 Å². The number of nitrogens with one attached hydrogen (secondary N) is 1. The molecule has 5 heteroatoms. The van der Waals surface area contributed by atoms with E-state index >= 15 is 0 Å². The van der Waals surface area contributed by atoms with E-state index in [1.807, 2.05) is 19.9 Å². The Balaban J connectivity index is 2.69. The van der Waals surface area contributed by atoms with Crippen LogP contribution in [0.2, 0.25) is 0 Å². The first-order chi connectivity index (χ1) is 8.04. The first-order valence-corrected chi connectivity index (χ1v) is 5.98. The Labute approximate surface area is 108 Å². The van der Waals surface area contributed by atoms with Crippen molar-refractivity contribution in [3.8, 4) is 17.0 Å². The summed E-state index contributed by atoms with van der Waals surface area (Å²) in [4.78, 5) is 0. The van der Waals surface area contributed by atoms with Gasteiger partial charge in [0, 0.05) is 21.7 Å². The van der Waals surface area contributed by atoms with Gasteiger partial charge in [-0.25, -0.2) is 0 Å². The molecule has 0 amide bonds. The van der Waals surface area contributed by atoms with Crippen LogP contribution >= 0.6 is 15.9 Å². The summed E-state index contributed by atoms with van der Waals surface area (Å²) in [6.45, 7) is 4.05. The summed E-state index contributed by atoms with van der Waals surface area (Å²) in [6, 6.07) is 3.84. The largest absolute Gasteiger partial charge is 0.496 e. The van der Waals surface area contributed by atoms with Crippen molar-refractivity contribution in [2.75, 3.05) is 12.8 Å². The van der Waals surface area contributed by atoms with Crippen LogP contribution in [0.3, 0.4) is 0 Å². The van der Waals surface area contributed by atoms with Crippen LogP contribution in [-0.4, -0.2) is 17.3 Å². The molecule has 1 aromatic carbocycles. The number of nitrogens with two attached hydrogens (primary N) is 1. The molecule has 1 aromatic heterocycles. The average molecular weight is 296 g/mol. The maximum absolute atomic E-state index is 5.62. The third-order valence-corrected chi connectivity index (χ3v) is 3.93. The second-order valence-electron chi connectivity index (χ2n) is 3.92. The maximum atomic E-state index is 5.62. The Bertz CT molecular complexity index is 563. The number of aromatic amines is 1. The summed E-state index contributed by atoms with van der Waals surface area (Å²) in [5.41, 5.74) is 9.66. The number of nitrogen functional groups attached to an aromatic ring is 1. The summed E-state index contributed by atoms with van der Waals surface area (Å²) in [7, 11) is 1.66. The van der Waals surface area contributed by atoms with Crippen molar-refractivity contribution in [2.45, 2.75) is 13.8 Å². The van der Waals surface area contributed by atoms with Gasteiger partial charge in [-0.05, 0) is 25.5 Å². The average Bonchev–Trinajstić information content (AvgIpc) is 2.72. The van der Waals surface area contributed by atoms with Gasteiger partial charge in [0.2, 0.25) is 0 Å². The fraction of sp³-hybridized carbons (Fsp3) is 0.250. The lowest BCUT2D eigenvalue weighted by molar-refractivity contribution is 0.412. The predicted molar refractivity (Wildman–Crippen MR) is 72.2 cm³/mol. The van der Waals surface area contributed by atoms with Gasteiger partial charge in [-0.1, -0.05) is 15.9 Å². The van der Waals surface area contributed by atoms with Crippen molar-refractivity contribution in [2.24, 2.45) is 0 Å². The summed E-state index contributed by atoms with van der Waals surface area (Å²) < 4.78 is 6.52. The minimum atomic E-state index is 0.472. The first-order valence-electron chi connectivity index (χ1n) is 5.19. The van der Waals surface area contributed by atoms with Crippen LogP contribution in [0.15, 0.2) is 16.6 Å². The predicted octanol–water partition coefficient (Wildman–Crippen LogP) is 3.05. The van der Waals surface area contributed by atoms with E-state index in [9.17, 15) is 0 Å². The fourth-order valence-electron chi connectivity index (χ4n) is 1.88. The van der Waals surface area contributed by atoms with Crippen LogP contribution in [0.4, 0.5) is 5.82 Å². The minimum absolute atomic E-state index is 0.472. The quantitative estimate of drug-likeness (QED) is 0.895. The van der Waals surface area contributed by atoms with Crippen molar-refractivity contribution >= 4 is 21.7 Å². The van der Waals surface area contributed by atoms with E-state index in [0.717, 1.165) is 32.6 Å². The van der Waals surface area contributed by atoms with Gasteiger partial charge in [0.05, 0.1) is 12.8 Å². The molecule has 0 unspecified atom stereocenters. The van der Waals surface area contributed by atoms with E-state index in [2.05, 4.69) is 26.1 Å². The normalized spacial score (nSPS) is 10.6. The SMILES string of the molecule is COc1c(-c2cc(N)n[nH]2)cc(C)c(Br)c1C. The third kappa shape index (κ3) is 2.02. The summed E-state index contributed by atoms with van der Waals surface area (Å²) in [6.07, 6.45) is 0. The number of nitrogens with zero attached hydrogens (tertiary/aromatic N) is 1. The number of halogens is 1. The molecule has 0 bridgehead atoms. The number of benzene rings is 1. The Hall–Kier alpha value is -1.49. The summed E-state index contributed by atoms with van der Waals surface area (Å²) in [5, 5.41) is 6.84. The summed E-state index contributed by atoms with van der Waals surface area (Å²) in [5.74, 6) is 1.30. The van der Waals surface area contributed by atoms with Gasteiger partial charge < -0.3 is 10.5 Å². The molecule has 0 saturated heterocycles. The number of methoxy groups -OCH3 is 1. The van der Waals surface area contributed by atoms with Crippen molar-refractivity contribution < 1.29 is 4.74 Å². The van der Waals surface area contributed by atoms with Crippen LogP contribution in [0.25, 0.3) is 11.3 Å². The molecule has 90 valence electrons. The lowest BCUT2D eigenvalue weighted by atomic mass is 10.0. The first kappa shape index (κ1) is 12.0. The zero-order valence-electron chi connectivity index (χ0n) is 9.97. The smallest absolute Gasteiger partial charge is 0.145 e. The van der Waals surface area contributed by atoms with Crippen molar-refractivity contribution in [1.82, 2.24) is 10.2 Å². The standard InChI is InChI=1S/C12H14BrN3O/c1-6-4-8(9-5-10(14)16-15-9)12(17-3)7(2)11(6)13/h4-5H,1-3H3,(H3,14,15,16). The molecule has 0 aliphatic rings. The van der Waals surface area contributed by atoms with E-state index in [-0.39, 0.29) is 0 Å². The highest BCUT2D eigenvalue weighted by atomic mass is 79.9. The molecular weight excluding hydrogens is 282 g/mol. The number of aryl methyl sites for hydroxylation is 1. The van der Waals surface area contributed by atoms with Crippen LogP contribution in [0.5, 0.6) is 5.75 Å². The van der Waals surface area contributed by atoms with E-state index in [1.54, 1.807) is 13.2 Å². The monoisotopic (exact) mass is 295 g/mol. The fourth-order valence-corrected chi connectivity index (χ4v) is 2.18. The summed E-state index contributed by atoms with van der Waals surface area (Å²) >= 11 is 3.55. The van der Waals surface area contributed by atoms with Crippen LogP contribution in [0.1, 0.15) is 11.1 Å². The van der Waals surface area contributed by atoms with Gasteiger partial charge in [-0.2, -0.15) is 5.10 Å². The zero-order valence-corrected chi connectivity index (χ0v) is 11.6. The number of hydrogen-bond acceptors (Lipinski definition) is 3.